The van der Waals surface area contributed by atoms with Crippen LogP contribution in [0.15, 0.2) is 12.1 Å². The Kier molecular flexibility index (Phi) is 3.24. The minimum atomic E-state index is -1.54. The molecule has 0 aliphatic rings. The predicted octanol–water partition coefficient (Wildman–Crippen LogP) is 1.60. The molecule has 2 aromatic rings. The first kappa shape index (κ1) is 13.1. The maximum Gasteiger partial charge on any atom is 0.230 e. The zero-order chi connectivity index (χ0) is 14.2. The molecule has 5 nitrogen and oxygen atoms in total. The number of hydrogen-bond acceptors (Lipinski definition) is 5. The molecule has 1 aromatic heterocycles. The predicted molar refractivity (Wildman–Crippen MR) is 63.9 cm³/mol. The van der Waals surface area contributed by atoms with Gasteiger partial charge in [0.15, 0.2) is 23.3 Å². The highest BCUT2D eigenvalue weighted by atomic mass is 19.2. The minimum absolute atomic E-state index is 0.0198. The van der Waals surface area contributed by atoms with E-state index in [0.29, 0.717) is 0 Å². The van der Waals surface area contributed by atoms with Gasteiger partial charge in [-0.25, -0.2) is 13.2 Å². The summed E-state index contributed by atoms with van der Waals surface area (Å²) < 4.78 is 39.2. The number of nitrogens with zero attached hydrogens (tertiary/aromatic N) is 4. The zero-order valence-corrected chi connectivity index (χ0v) is 10.2. The molecule has 1 heterocycles. The van der Waals surface area contributed by atoms with Crippen LogP contribution in [0.4, 0.5) is 25.1 Å². The van der Waals surface area contributed by atoms with E-state index >= 15 is 0 Å². The Morgan fingerprint density at radius 2 is 1.58 bits per heavy atom. The molecule has 19 heavy (non-hydrogen) atoms. The van der Waals surface area contributed by atoms with Crippen molar-refractivity contribution in [3.8, 4) is 11.4 Å². The van der Waals surface area contributed by atoms with Crippen LogP contribution in [0.2, 0.25) is 0 Å². The van der Waals surface area contributed by atoms with Crippen LogP contribution in [0.5, 0.6) is 0 Å². The lowest BCUT2D eigenvalue weighted by Gasteiger charge is -2.11. The molecule has 0 saturated carbocycles. The van der Waals surface area contributed by atoms with Gasteiger partial charge < -0.3 is 10.6 Å². The van der Waals surface area contributed by atoms with Crippen molar-refractivity contribution >= 4 is 11.9 Å². The number of anilines is 2. The normalized spacial score (nSPS) is 10.6. The van der Waals surface area contributed by atoms with E-state index in [1.54, 1.807) is 19.0 Å². The highest BCUT2D eigenvalue weighted by molar-refractivity contribution is 5.58. The summed E-state index contributed by atoms with van der Waals surface area (Å²) in [5.74, 6) is -4.08. The lowest BCUT2D eigenvalue weighted by Crippen LogP contribution is -2.15. The molecule has 2 N–H and O–H groups in total. The third-order valence-corrected chi connectivity index (χ3v) is 2.28. The number of hydrogen-bond donors (Lipinski definition) is 1. The van der Waals surface area contributed by atoms with Crippen molar-refractivity contribution in [2.24, 2.45) is 0 Å². The second kappa shape index (κ2) is 4.71. The van der Waals surface area contributed by atoms with Crippen LogP contribution in [-0.4, -0.2) is 29.0 Å². The van der Waals surface area contributed by atoms with E-state index in [-0.39, 0.29) is 23.3 Å². The maximum absolute atomic E-state index is 13.2. The van der Waals surface area contributed by atoms with Gasteiger partial charge in [-0.2, -0.15) is 15.0 Å². The van der Waals surface area contributed by atoms with Crippen LogP contribution in [0, 0.1) is 17.5 Å². The molecule has 0 amide bonds. The van der Waals surface area contributed by atoms with Gasteiger partial charge in [0, 0.05) is 19.7 Å². The number of aromatic nitrogens is 3. The first-order valence-corrected chi connectivity index (χ1v) is 5.22. The maximum atomic E-state index is 13.2. The summed E-state index contributed by atoms with van der Waals surface area (Å²) in [6.45, 7) is 0. The van der Waals surface area contributed by atoms with E-state index in [4.69, 9.17) is 5.73 Å². The van der Waals surface area contributed by atoms with E-state index in [1.807, 2.05) is 0 Å². The Balaban J connectivity index is 2.59. The molecule has 0 aliphatic carbocycles. The second-order valence-electron chi connectivity index (χ2n) is 3.97. The van der Waals surface area contributed by atoms with E-state index in [1.165, 1.54) is 0 Å². The van der Waals surface area contributed by atoms with Gasteiger partial charge in [-0.3, -0.25) is 0 Å². The van der Waals surface area contributed by atoms with Crippen molar-refractivity contribution in [1.82, 2.24) is 15.0 Å². The summed E-state index contributed by atoms with van der Waals surface area (Å²) >= 11 is 0. The minimum Gasteiger partial charge on any atom is -0.368 e. The molecule has 0 unspecified atom stereocenters. The SMILES string of the molecule is CN(C)c1nc(N)nc(-c2cc(F)c(F)c(F)c2)n1. The molecule has 0 fully saturated rings. The monoisotopic (exact) mass is 269 g/mol. The molecule has 0 spiro atoms. The van der Waals surface area contributed by atoms with E-state index in [2.05, 4.69) is 15.0 Å². The average molecular weight is 269 g/mol. The van der Waals surface area contributed by atoms with Gasteiger partial charge in [-0.1, -0.05) is 0 Å². The van der Waals surface area contributed by atoms with Gasteiger partial charge in [0.25, 0.3) is 0 Å². The number of benzene rings is 1. The Bertz CT molecular complexity index is 607. The van der Waals surface area contributed by atoms with Crippen LogP contribution in [0.25, 0.3) is 11.4 Å². The third-order valence-electron chi connectivity index (χ3n) is 2.28. The molecule has 2 rings (SSSR count). The highest BCUT2D eigenvalue weighted by Gasteiger charge is 2.15. The molecule has 100 valence electrons. The first-order valence-electron chi connectivity index (χ1n) is 5.22. The molecule has 0 radical (unpaired) electrons. The van der Waals surface area contributed by atoms with Gasteiger partial charge >= 0.3 is 0 Å². The fourth-order valence-electron chi connectivity index (χ4n) is 1.39. The van der Waals surface area contributed by atoms with Crippen LogP contribution in [0.1, 0.15) is 0 Å². The van der Waals surface area contributed by atoms with Crippen LogP contribution >= 0.6 is 0 Å². The van der Waals surface area contributed by atoms with Crippen molar-refractivity contribution in [3.05, 3.63) is 29.6 Å². The summed E-state index contributed by atoms with van der Waals surface area (Å²) in [7, 11) is 3.34. The lowest BCUT2D eigenvalue weighted by molar-refractivity contribution is 0.447. The van der Waals surface area contributed by atoms with Gasteiger partial charge in [-0.05, 0) is 12.1 Å². The van der Waals surface area contributed by atoms with Crippen LogP contribution in [-0.2, 0) is 0 Å². The van der Waals surface area contributed by atoms with E-state index in [9.17, 15) is 13.2 Å². The van der Waals surface area contributed by atoms with Gasteiger partial charge in [0.05, 0.1) is 0 Å². The Morgan fingerprint density at radius 3 is 2.11 bits per heavy atom. The van der Waals surface area contributed by atoms with Crippen LogP contribution in [0.3, 0.4) is 0 Å². The Labute approximate surface area is 106 Å². The van der Waals surface area contributed by atoms with Crippen molar-refractivity contribution in [2.75, 3.05) is 24.7 Å². The zero-order valence-electron chi connectivity index (χ0n) is 10.2. The number of rotatable bonds is 2. The van der Waals surface area contributed by atoms with Gasteiger partial charge in [0.2, 0.25) is 11.9 Å². The summed E-state index contributed by atoms with van der Waals surface area (Å²) in [6.07, 6.45) is 0. The Hall–Kier alpha value is -2.38. The third kappa shape index (κ3) is 2.56. The standard InChI is InChI=1S/C11H10F3N5/c1-19(2)11-17-9(16-10(15)18-11)5-3-6(12)8(14)7(13)4-5/h3-4H,1-2H3,(H2,15,16,17,18). The summed E-state index contributed by atoms with van der Waals surface area (Å²) in [4.78, 5) is 13.1. The molecule has 0 bridgehead atoms. The summed E-state index contributed by atoms with van der Waals surface area (Å²) in [6, 6.07) is 1.60. The fourth-order valence-corrected chi connectivity index (χ4v) is 1.39. The van der Waals surface area contributed by atoms with Gasteiger partial charge in [-0.15, -0.1) is 0 Å². The molecular formula is C11H10F3N5. The summed E-state index contributed by atoms with van der Waals surface area (Å²) in [5, 5.41) is 0. The smallest absolute Gasteiger partial charge is 0.230 e. The van der Waals surface area contributed by atoms with Crippen LogP contribution < -0.4 is 10.6 Å². The van der Waals surface area contributed by atoms with E-state index < -0.39 is 17.5 Å². The molecule has 1 aromatic carbocycles. The topological polar surface area (TPSA) is 67.9 Å². The summed E-state index contributed by atoms with van der Waals surface area (Å²) in [5.41, 5.74) is 5.47. The van der Waals surface area contributed by atoms with Crippen molar-refractivity contribution < 1.29 is 13.2 Å². The first-order chi connectivity index (χ1) is 8.88. The molecule has 0 atom stereocenters. The van der Waals surface area contributed by atoms with Crippen molar-refractivity contribution in [3.63, 3.8) is 0 Å². The fraction of sp³-hybridized carbons (Fsp3) is 0.182. The molecule has 0 aliphatic heterocycles. The highest BCUT2D eigenvalue weighted by Crippen LogP contribution is 2.22. The average Bonchev–Trinajstić information content (AvgIpc) is 2.34. The number of halogens is 3. The Morgan fingerprint density at radius 1 is 1.00 bits per heavy atom. The van der Waals surface area contributed by atoms with Gasteiger partial charge in [0.1, 0.15) is 0 Å². The number of nitrogens with two attached hydrogens (primary N) is 1. The number of nitrogen functional groups attached to an aromatic ring is 1. The second-order valence-corrected chi connectivity index (χ2v) is 3.97. The van der Waals surface area contributed by atoms with Crippen molar-refractivity contribution in [2.45, 2.75) is 0 Å². The molecule has 8 heteroatoms. The van der Waals surface area contributed by atoms with Crippen molar-refractivity contribution in [1.29, 1.82) is 0 Å². The lowest BCUT2D eigenvalue weighted by atomic mass is 10.2. The largest absolute Gasteiger partial charge is 0.368 e. The van der Waals surface area contributed by atoms with E-state index in [0.717, 1.165) is 12.1 Å². The molecular weight excluding hydrogens is 259 g/mol. The molecule has 0 saturated heterocycles. The quantitative estimate of drug-likeness (QED) is 0.839.